The number of hydrogen-bond donors (Lipinski definition) is 1. The lowest BCUT2D eigenvalue weighted by Gasteiger charge is -2.19. The summed E-state index contributed by atoms with van der Waals surface area (Å²) in [5.41, 5.74) is 1.63. The van der Waals surface area contributed by atoms with E-state index >= 15 is 0 Å². The zero-order valence-corrected chi connectivity index (χ0v) is 13.2. The van der Waals surface area contributed by atoms with Crippen LogP contribution in [0, 0.1) is 0 Å². The molecule has 2 rings (SSSR count). The van der Waals surface area contributed by atoms with Crippen molar-refractivity contribution in [1.29, 1.82) is 0 Å². The van der Waals surface area contributed by atoms with E-state index in [1.165, 1.54) is 18.6 Å². The number of cyclic esters (lactones) is 1. The van der Waals surface area contributed by atoms with Crippen LogP contribution in [0.2, 0.25) is 0 Å². The van der Waals surface area contributed by atoms with E-state index in [9.17, 15) is 14.7 Å². The van der Waals surface area contributed by atoms with Gasteiger partial charge in [-0.25, -0.2) is 4.79 Å². The molecule has 1 aromatic carbocycles. The van der Waals surface area contributed by atoms with E-state index in [1.54, 1.807) is 0 Å². The predicted octanol–water partition coefficient (Wildman–Crippen LogP) is 2.52. The molecule has 0 radical (unpaired) electrons. The molecule has 0 spiro atoms. The van der Waals surface area contributed by atoms with E-state index in [-0.39, 0.29) is 0 Å². The maximum Gasteiger partial charge on any atom is 0.333 e. The Kier molecular flexibility index (Phi) is 6.35. The molecule has 0 saturated heterocycles. The summed E-state index contributed by atoms with van der Waals surface area (Å²) in [4.78, 5) is 22.4. The average molecular weight is 318 g/mol. The number of aliphatic hydroxyl groups excluding tert-OH is 1. The molecule has 5 heteroatoms. The van der Waals surface area contributed by atoms with Crippen molar-refractivity contribution in [3.05, 3.63) is 47.5 Å². The van der Waals surface area contributed by atoms with Crippen molar-refractivity contribution < 1.29 is 24.2 Å². The smallest absolute Gasteiger partial charge is 0.333 e. The summed E-state index contributed by atoms with van der Waals surface area (Å²) in [7, 11) is 0. The number of hydrogen-bond acceptors (Lipinski definition) is 5. The second-order valence-electron chi connectivity index (χ2n) is 5.62. The first-order valence-electron chi connectivity index (χ1n) is 7.87. The van der Waals surface area contributed by atoms with Gasteiger partial charge in [-0.1, -0.05) is 36.8 Å². The Hall–Kier alpha value is -2.14. The number of carbonyl (C=O) groups excluding carboxylic acids is 2. The Bertz CT molecular complexity index is 564. The molecule has 0 bridgehead atoms. The van der Waals surface area contributed by atoms with Crippen molar-refractivity contribution in [2.24, 2.45) is 0 Å². The van der Waals surface area contributed by atoms with Crippen LogP contribution in [0.25, 0.3) is 0 Å². The van der Waals surface area contributed by atoms with Crippen molar-refractivity contribution in [3.8, 4) is 0 Å². The summed E-state index contributed by atoms with van der Waals surface area (Å²) < 4.78 is 9.87. The highest BCUT2D eigenvalue weighted by Crippen LogP contribution is 2.24. The number of rotatable bonds is 8. The summed E-state index contributed by atoms with van der Waals surface area (Å²) in [6.07, 6.45) is 3.71. The second kappa shape index (κ2) is 8.48. The molecule has 1 heterocycles. The molecule has 2 atom stereocenters. The predicted molar refractivity (Wildman–Crippen MR) is 84.3 cm³/mol. The minimum Gasteiger partial charge on any atom is -0.458 e. The molecule has 0 fully saturated rings. The van der Waals surface area contributed by atoms with Crippen LogP contribution in [-0.2, 0) is 25.5 Å². The van der Waals surface area contributed by atoms with E-state index in [0.717, 1.165) is 25.7 Å². The van der Waals surface area contributed by atoms with Gasteiger partial charge in [0.1, 0.15) is 6.10 Å². The highest BCUT2D eigenvalue weighted by atomic mass is 16.6. The molecule has 0 aromatic heterocycles. The lowest BCUT2D eigenvalue weighted by Crippen LogP contribution is -2.25. The number of aliphatic hydroxyl groups is 1. The highest BCUT2D eigenvalue weighted by molar-refractivity contribution is 5.86. The molecule has 1 aliphatic heterocycles. The van der Waals surface area contributed by atoms with Crippen LogP contribution in [-0.4, -0.2) is 29.4 Å². The van der Waals surface area contributed by atoms with Gasteiger partial charge >= 0.3 is 11.9 Å². The molecule has 1 aliphatic rings. The molecule has 0 saturated carbocycles. The zero-order valence-electron chi connectivity index (χ0n) is 13.2. The highest BCUT2D eigenvalue weighted by Gasteiger charge is 2.31. The van der Waals surface area contributed by atoms with Crippen molar-refractivity contribution >= 4 is 11.9 Å². The third-order valence-corrected chi connectivity index (χ3v) is 3.75. The molecular formula is C18H22O5. The molecule has 23 heavy (non-hydrogen) atoms. The van der Waals surface area contributed by atoms with Gasteiger partial charge in [0.15, 0.2) is 0 Å². The van der Waals surface area contributed by atoms with Crippen LogP contribution in [0.3, 0.4) is 0 Å². The van der Waals surface area contributed by atoms with Crippen LogP contribution in [0.1, 0.15) is 38.2 Å². The van der Waals surface area contributed by atoms with Gasteiger partial charge < -0.3 is 14.6 Å². The third-order valence-electron chi connectivity index (χ3n) is 3.75. The van der Waals surface area contributed by atoms with Crippen LogP contribution >= 0.6 is 0 Å². The number of carbonyl (C=O) groups is 2. The van der Waals surface area contributed by atoms with Crippen molar-refractivity contribution in [3.63, 3.8) is 0 Å². The van der Waals surface area contributed by atoms with Gasteiger partial charge in [-0.2, -0.15) is 0 Å². The SMILES string of the molecule is CC(=O)O[C@@H](CCCCCc1ccccc1)C1=CC(=O)OC1O. The topological polar surface area (TPSA) is 72.8 Å². The van der Waals surface area contributed by atoms with E-state index in [4.69, 9.17) is 4.74 Å². The molecule has 0 aliphatic carbocycles. The van der Waals surface area contributed by atoms with Gasteiger partial charge in [-0.05, 0) is 31.2 Å². The first kappa shape index (κ1) is 17.2. The summed E-state index contributed by atoms with van der Waals surface area (Å²) in [5, 5.41) is 9.69. The van der Waals surface area contributed by atoms with Crippen molar-refractivity contribution in [2.75, 3.05) is 0 Å². The first-order chi connectivity index (χ1) is 11.1. The van der Waals surface area contributed by atoms with E-state index in [0.29, 0.717) is 12.0 Å². The fourth-order valence-corrected chi connectivity index (χ4v) is 2.65. The second-order valence-corrected chi connectivity index (χ2v) is 5.62. The van der Waals surface area contributed by atoms with Gasteiger partial charge in [0.2, 0.25) is 6.29 Å². The van der Waals surface area contributed by atoms with Crippen LogP contribution in [0.4, 0.5) is 0 Å². The standard InChI is InChI=1S/C18H22O5/c1-13(19)22-16(15-12-17(20)23-18(15)21)11-7-3-6-10-14-8-4-2-5-9-14/h2,4-5,8-9,12,16,18,21H,3,6-7,10-11H2,1H3/t16-,18?/m0/s1. The quantitative estimate of drug-likeness (QED) is 0.589. The fourth-order valence-electron chi connectivity index (χ4n) is 2.65. The maximum atomic E-state index is 11.2. The molecule has 5 nitrogen and oxygen atoms in total. The maximum absolute atomic E-state index is 11.2. The summed E-state index contributed by atoms with van der Waals surface area (Å²) in [5.74, 6) is -1.04. The zero-order chi connectivity index (χ0) is 16.7. The number of unbranched alkanes of at least 4 members (excludes halogenated alkanes) is 2. The molecular weight excluding hydrogens is 296 g/mol. The van der Waals surface area contributed by atoms with Gasteiger partial charge in [-0.3, -0.25) is 4.79 Å². The molecule has 1 N–H and O–H groups in total. The Balaban J connectivity index is 1.78. The van der Waals surface area contributed by atoms with Crippen LogP contribution < -0.4 is 0 Å². The Labute approximate surface area is 135 Å². The number of aryl methyl sites for hydroxylation is 1. The Morgan fingerprint density at radius 2 is 2.00 bits per heavy atom. The largest absolute Gasteiger partial charge is 0.458 e. The first-order valence-corrected chi connectivity index (χ1v) is 7.87. The van der Waals surface area contributed by atoms with Gasteiger partial charge in [0.05, 0.1) is 0 Å². The van der Waals surface area contributed by atoms with E-state index < -0.39 is 24.3 Å². The minimum absolute atomic E-state index is 0.327. The van der Waals surface area contributed by atoms with Crippen LogP contribution in [0.5, 0.6) is 0 Å². The number of esters is 2. The average Bonchev–Trinajstić information content (AvgIpc) is 2.85. The lowest BCUT2D eigenvalue weighted by molar-refractivity contribution is -0.153. The third kappa shape index (κ3) is 5.53. The molecule has 1 unspecified atom stereocenters. The number of ether oxygens (including phenoxy) is 2. The normalized spacial score (nSPS) is 18.3. The van der Waals surface area contributed by atoms with E-state index in [1.807, 2.05) is 18.2 Å². The minimum atomic E-state index is -1.31. The van der Waals surface area contributed by atoms with Gasteiger partial charge in [0, 0.05) is 18.6 Å². The van der Waals surface area contributed by atoms with Gasteiger partial charge in [0.25, 0.3) is 0 Å². The van der Waals surface area contributed by atoms with Crippen LogP contribution in [0.15, 0.2) is 42.0 Å². The summed E-state index contributed by atoms with van der Waals surface area (Å²) in [6, 6.07) is 10.2. The molecule has 0 amide bonds. The summed E-state index contributed by atoms with van der Waals surface area (Å²) in [6.45, 7) is 1.31. The van der Waals surface area contributed by atoms with Gasteiger partial charge in [-0.15, -0.1) is 0 Å². The monoisotopic (exact) mass is 318 g/mol. The lowest BCUT2D eigenvalue weighted by atomic mass is 10.0. The number of benzene rings is 1. The van der Waals surface area contributed by atoms with E-state index in [2.05, 4.69) is 16.9 Å². The molecule has 1 aromatic rings. The summed E-state index contributed by atoms with van der Waals surface area (Å²) >= 11 is 0. The van der Waals surface area contributed by atoms with Crippen molar-refractivity contribution in [2.45, 2.75) is 51.4 Å². The fraction of sp³-hybridized carbons (Fsp3) is 0.444. The molecule has 124 valence electrons. The Morgan fingerprint density at radius 1 is 1.26 bits per heavy atom. The van der Waals surface area contributed by atoms with Crippen molar-refractivity contribution in [1.82, 2.24) is 0 Å². The Morgan fingerprint density at radius 3 is 2.61 bits per heavy atom.